The highest BCUT2D eigenvalue weighted by Crippen LogP contribution is 2.14. The summed E-state index contributed by atoms with van der Waals surface area (Å²) in [6, 6.07) is -0.645. The van der Waals surface area contributed by atoms with Gasteiger partial charge < -0.3 is 15.5 Å². The van der Waals surface area contributed by atoms with Crippen LogP contribution in [0.2, 0.25) is 0 Å². The molecule has 50 heavy (non-hydrogen) atoms. The van der Waals surface area contributed by atoms with Crippen molar-refractivity contribution in [1.29, 1.82) is 0 Å². The normalized spacial score (nSPS) is 13.4. The van der Waals surface area contributed by atoms with Crippen LogP contribution in [0.5, 0.6) is 0 Å². The first kappa shape index (κ1) is 48.3. The highest BCUT2D eigenvalue weighted by Gasteiger charge is 2.17. The van der Waals surface area contributed by atoms with Crippen LogP contribution in [-0.2, 0) is 4.79 Å². The van der Waals surface area contributed by atoms with E-state index < -0.39 is 12.1 Å². The summed E-state index contributed by atoms with van der Waals surface area (Å²) in [5.74, 6) is -0.0797. The Morgan fingerprint density at radius 2 is 0.780 bits per heavy atom. The van der Waals surface area contributed by atoms with E-state index >= 15 is 0 Å². The number of carbonyl (C=O) groups is 1. The Balaban J connectivity index is 3.60. The monoisotopic (exact) mass is 700 g/mol. The predicted octanol–water partition coefficient (Wildman–Crippen LogP) is 13.6. The van der Waals surface area contributed by atoms with Crippen LogP contribution in [0.25, 0.3) is 0 Å². The molecule has 0 spiro atoms. The van der Waals surface area contributed by atoms with Crippen LogP contribution < -0.4 is 5.32 Å². The fraction of sp³-hybridized carbons (Fsp3) is 0.804. The molecule has 0 rings (SSSR count). The Labute approximate surface area is 312 Å². The van der Waals surface area contributed by atoms with E-state index in [1.54, 1.807) is 6.08 Å². The van der Waals surface area contributed by atoms with Crippen LogP contribution in [0.4, 0.5) is 0 Å². The minimum Gasteiger partial charge on any atom is -0.394 e. The number of aliphatic hydroxyl groups is 2. The van der Waals surface area contributed by atoms with Crippen molar-refractivity contribution in [3.8, 4) is 0 Å². The van der Waals surface area contributed by atoms with Gasteiger partial charge in [0.05, 0.1) is 18.8 Å². The van der Waals surface area contributed by atoms with Gasteiger partial charge in [0.1, 0.15) is 0 Å². The van der Waals surface area contributed by atoms with Crippen LogP contribution in [-0.4, -0.2) is 34.9 Å². The number of carbonyl (C=O) groups excluding carboxylic acids is 1. The van der Waals surface area contributed by atoms with Crippen LogP contribution in [0.3, 0.4) is 0 Å². The molecule has 3 N–H and O–H groups in total. The Hall–Kier alpha value is -1.65. The Kier molecular flexibility index (Phi) is 40.4. The molecule has 0 aromatic rings. The van der Waals surface area contributed by atoms with Gasteiger partial charge in [-0.1, -0.05) is 191 Å². The van der Waals surface area contributed by atoms with Gasteiger partial charge >= 0.3 is 0 Å². The third kappa shape index (κ3) is 37.6. The van der Waals surface area contributed by atoms with Crippen molar-refractivity contribution in [1.82, 2.24) is 5.32 Å². The van der Waals surface area contributed by atoms with Gasteiger partial charge in [0, 0.05) is 6.42 Å². The quantitative estimate of drug-likeness (QED) is 0.0442. The van der Waals surface area contributed by atoms with Gasteiger partial charge in [-0.2, -0.15) is 0 Å². The molecule has 0 aromatic heterocycles. The summed E-state index contributed by atoms with van der Waals surface area (Å²) in [4.78, 5) is 12.4. The number of nitrogens with one attached hydrogen (secondary N) is 1. The SMILES string of the molecule is CCCCCCC/C=C/CC/C=C/CC/C=C/C(O)C(CO)NC(=O)CCCCCCCCCCCCC/C=C\CCCCCCCCCC. The molecule has 0 bridgehead atoms. The van der Waals surface area contributed by atoms with E-state index in [1.165, 1.54) is 161 Å². The number of unbranched alkanes of at least 4 members (excludes halogenated alkanes) is 26. The van der Waals surface area contributed by atoms with Crippen LogP contribution in [0, 0.1) is 0 Å². The average Bonchev–Trinajstić information content (AvgIpc) is 3.12. The number of amides is 1. The smallest absolute Gasteiger partial charge is 0.220 e. The van der Waals surface area contributed by atoms with Crippen molar-refractivity contribution in [3.05, 3.63) is 48.6 Å². The van der Waals surface area contributed by atoms with Gasteiger partial charge in [0.25, 0.3) is 0 Å². The Bertz CT molecular complexity index is 801. The summed E-state index contributed by atoms with van der Waals surface area (Å²) < 4.78 is 0. The van der Waals surface area contributed by atoms with Crippen molar-refractivity contribution in [2.24, 2.45) is 0 Å². The van der Waals surface area contributed by atoms with E-state index in [0.29, 0.717) is 6.42 Å². The molecule has 0 heterocycles. The van der Waals surface area contributed by atoms with Crippen LogP contribution in [0.1, 0.15) is 219 Å². The second kappa shape index (κ2) is 41.8. The molecule has 2 unspecified atom stereocenters. The lowest BCUT2D eigenvalue weighted by molar-refractivity contribution is -0.123. The number of hydrogen-bond acceptors (Lipinski definition) is 3. The van der Waals surface area contributed by atoms with Crippen molar-refractivity contribution >= 4 is 5.91 Å². The molecule has 2 atom stereocenters. The largest absolute Gasteiger partial charge is 0.394 e. The maximum Gasteiger partial charge on any atom is 0.220 e. The summed E-state index contributed by atoms with van der Waals surface area (Å²) in [5.41, 5.74) is 0. The van der Waals surface area contributed by atoms with Crippen LogP contribution >= 0.6 is 0 Å². The number of aliphatic hydroxyl groups excluding tert-OH is 2. The van der Waals surface area contributed by atoms with Gasteiger partial charge in [-0.15, -0.1) is 0 Å². The molecular formula is C46H85NO3. The molecule has 0 aromatic carbocycles. The molecule has 0 saturated carbocycles. The molecule has 0 saturated heterocycles. The van der Waals surface area contributed by atoms with Crippen molar-refractivity contribution in [2.75, 3.05) is 6.61 Å². The Morgan fingerprint density at radius 3 is 1.16 bits per heavy atom. The minimum atomic E-state index is -0.869. The summed E-state index contributed by atoms with van der Waals surface area (Å²) in [5, 5.41) is 22.9. The highest BCUT2D eigenvalue weighted by atomic mass is 16.3. The maximum atomic E-state index is 12.4. The number of rotatable bonds is 39. The average molecular weight is 700 g/mol. The van der Waals surface area contributed by atoms with Crippen molar-refractivity contribution < 1.29 is 15.0 Å². The third-order valence-electron chi connectivity index (χ3n) is 9.76. The third-order valence-corrected chi connectivity index (χ3v) is 9.76. The molecule has 4 heteroatoms. The first-order valence-corrected chi connectivity index (χ1v) is 21.9. The fourth-order valence-electron chi connectivity index (χ4n) is 6.38. The topological polar surface area (TPSA) is 69.6 Å². The van der Waals surface area contributed by atoms with Crippen molar-refractivity contribution in [3.63, 3.8) is 0 Å². The molecule has 0 aliphatic carbocycles. The molecule has 1 amide bonds. The number of hydrogen-bond donors (Lipinski definition) is 3. The maximum absolute atomic E-state index is 12.4. The highest BCUT2D eigenvalue weighted by molar-refractivity contribution is 5.76. The predicted molar refractivity (Wildman–Crippen MR) is 221 cm³/mol. The summed E-state index contributed by atoms with van der Waals surface area (Å²) in [6.07, 6.45) is 56.5. The minimum absolute atomic E-state index is 0.0797. The molecule has 292 valence electrons. The lowest BCUT2D eigenvalue weighted by Gasteiger charge is -2.19. The second-order valence-electron chi connectivity index (χ2n) is 14.7. The lowest BCUT2D eigenvalue weighted by atomic mass is 10.0. The van der Waals surface area contributed by atoms with E-state index in [-0.39, 0.29) is 12.5 Å². The molecule has 0 aliphatic heterocycles. The summed E-state index contributed by atoms with van der Waals surface area (Å²) in [7, 11) is 0. The van der Waals surface area contributed by atoms with Crippen molar-refractivity contribution in [2.45, 2.75) is 231 Å². The number of allylic oxidation sites excluding steroid dienone is 7. The molecule has 0 radical (unpaired) electrons. The molecular weight excluding hydrogens is 615 g/mol. The molecule has 4 nitrogen and oxygen atoms in total. The van der Waals surface area contributed by atoms with Gasteiger partial charge in [-0.25, -0.2) is 0 Å². The van der Waals surface area contributed by atoms with Gasteiger partial charge in [0.2, 0.25) is 5.91 Å². The van der Waals surface area contributed by atoms with E-state index in [4.69, 9.17) is 0 Å². The zero-order chi connectivity index (χ0) is 36.4. The standard InChI is InChI=1S/C46H85NO3/c1-3-5-7-9-11-13-15-17-19-20-21-22-23-24-25-26-28-30-32-34-36-38-40-42-46(50)47-44(43-48)45(49)41-39-37-35-33-31-29-27-18-16-14-12-10-8-6-4-2/h16,18,20-21,31,33,39,41,44-45,48-49H,3-15,17,19,22-30,32,34-38,40,42-43H2,1-2H3,(H,47,50)/b18-16+,21-20-,33-31+,41-39+. The fourth-order valence-corrected chi connectivity index (χ4v) is 6.38. The summed E-state index contributed by atoms with van der Waals surface area (Å²) >= 11 is 0. The van der Waals surface area contributed by atoms with Gasteiger partial charge in [-0.3, -0.25) is 4.79 Å². The lowest BCUT2D eigenvalue weighted by Crippen LogP contribution is -2.45. The molecule has 0 aliphatic rings. The zero-order valence-corrected chi connectivity index (χ0v) is 33.4. The Morgan fingerprint density at radius 1 is 0.460 bits per heavy atom. The van der Waals surface area contributed by atoms with Crippen LogP contribution in [0.15, 0.2) is 48.6 Å². The first-order valence-electron chi connectivity index (χ1n) is 21.9. The van der Waals surface area contributed by atoms with Gasteiger partial charge in [-0.05, 0) is 70.6 Å². The molecule has 0 fully saturated rings. The van der Waals surface area contributed by atoms with E-state index in [0.717, 1.165) is 38.5 Å². The van der Waals surface area contributed by atoms with E-state index in [9.17, 15) is 15.0 Å². The van der Waals surface area contributed by atoms with Gasteiger partial charge in [0.15, 0.2) is 0 Å². The van der Waals surface area contributed by atoms with E-state index in [1.807, 2.05) is 6.08 Å². The summed E-state index contributed by atoms with van der Waals surface area (Å²) in [6.45, 7) is 4.28. The zero-order valence-electron chi connectivity index (χ0n) is 33.4. The van der Waals surface area contributed by atoms with E-state index in [2.05, 4.69) is 55.6 Å². The first-order chi connectivity index (χ1) is 24.7. The second-order valence-corrected chi connectivity index (χ2v) is 14.7.